The average Bonchev–Trinajstić information content (AvgIpc) is 2.72. The number of hydrogen-bond acceptors (Lipinski definition) is 5. The zero-order valence-electron chi connectivity index (χ0n) is 18.2. The van der Waals surface area contributed by atoms with Crippen LogP contribution < -0.4 is 8.92 Å². The van der Waals surface area contributed by atoms with Gasteiger partial charge in [-0.2, -0.15) is 8.42 Å². The highest BCUT2D eigenvalue weighted by molar-refractivity contribution is 7.87. The third-order valence-corrected chi connectivity index (χ3v) is 6.83. The fraction of sp³-hybridized carbons (Fsp3) is 0.409. The van der Waals surface area contributed by atoms with Gasteiger partial charge in [-0.25, -0.2) is 0 Å². The number of benzene rings is 2. The van der Waals surface area contributed by atoms with Gasteiger partial charge in [-0.15, -0.1) is 0 Å². The molecule has 0 saturated heterocycles. The molecule has 0 aliphatic heterocycles. The summed E-state index contributed by atoms with van der Waals surface area (Å²) >= 11 is 11.8. The molecule has 1 atom stereocenters. The van der Waals surface area contributed by atoms with Gasteiger partial charge >= 0.3 is 10.1 Å². The summed E-state index contributed by atoms with van der Waals surface area (Å²) in [7, 11) is -2.77. The Balaban J connectivity index is 2.39. The highest BCUT2D eigenvalue weighted by atomic mass is 35.5. The number of amides is 1. The van der Waals surface area contributed by atoms with Crippen LogP contribution in [-0.4, -0.2) is 32.4 Å². The Morgan fingerprint density at radius 2 is 1.71 bits per heavy atom. The molecule has 2 aromatic carbocycles. The van der Waals surface area contributed by atoms with Crippen LogP contribution in [0.4, 0.5) is 0 Å². The Hall–Kier alpha value is -1.96. The van der Waals surface area contributed by atoms with E-state index in [1.165, 1.54) is 25.3 Å². The van der Waals surface area contributed by atoms with Crippen molar-refractivity contribution in [1.82, 2.24) is 4.90 Å². The second-order valence-electron chi connectivity index (χ2n) is 7.48. The summed E-state index contributed by atoms with van der Waals surface area (Å²) in [6, 6.07) is 8.91. The predicted molar refractivity (Wildman–Crippen MR) is 122 cm³/mol. The van der Waals surface area contributed by atoms with E-state index in [9.17, 15) is 13.2 Å². The molecule has 0 aromatic heterocycles. The lowest BCUT2D eigenvalue weighted by Crippen LogP contribution is -2.40. The van der Waals surface area contributed by atoms with E-state index >= 15 is 0 Å². The number of methoxy groups -OCH3 is 1. The summed E-state index contributed by atoms with van der Waals surface area (Å²) < 4.78 is 36.2. The maximum absolute atomic E-state index is 12.8. The zero-order valence-corrected chi connectivity index (χ0v) is 20.5. The third kappa shape index (κ3) is 6.28. The molecule has 0 fully saturated rings. The van der Waals surface area contributed by atoms with Crippen molar-refractivity contribution in [2.75, 3.05) is 7.11 Å². The lowest BCUT2D eigenvalue weighted by molar-refractivity contribution is -0.137. The highest BCUT2D eigenvalue weighted by Crippen LogP contribution is 2.33. The van der Waals surface area contributed by atoms with Gasteiger partial charge in [0.2, 0.25) is 5.91 Å². The Morgan fingerprint density at radius 3 is 2.26 bits per heavy atom. The van der Waals surface area contributed by atoms with Crippen LogP contribution >= 0.6 is 23.2 Å². The minimum Gasteiger partial charge on any atom is -0.493 e. The van der Waals surface area contributed by atoms with Crippen molar-refractivity contribution in [3.8, 4) is 11.5 Å². The lowest BCUT2D eigenvalue weighted by atomic mass is 10.1. The second-order valence-corrected chi connectivity index (χ2v) is 9.84. The molecule has 1 amide bonds. The Bertz CT molecular complexity index is 1040. The number of nitrogens with zero attached hydrogens (tertiary/aromatic N) is 1. The zero-order chi connectivity index (χ0) is 23.3. The van der Waals surface area contributed by atoms with Crippen LogP contribution in [0.25, 0.3) is 0 Å². The molecule has 0 N–H and O–H groups in total. The second kappa shape index (κ2) is 10.6. The first-order valence-electron chi connectivity index (χ1n) is 9.87. The maximum Gasteiger partial charge on any atom is 0.339 e. The van der Waals surface area contributed by atoms with Crippen LogP contribution in [0.2, 0.25) is 10.0 Å². The SMILES string of the molecule is CC[C@@H](C)N(Cc1ccc(OC)c(OS(=O)(=O)c2ccc(Cl)c(Cl)c2)c1)C(=O)C(C)C. The molecule has 6 nitrogen and oxygen atoms in total. The van der Waals surface area contributed by atoms with E-state index in [1.54, 1.807) is 23.1 Å². The molecule has 9 heteroatoms. The van der Waals surface area contributed by atoms with Crippen molar-refractivity contribution >= 4 is 39.2 Å². The fourth-order valence-electron chi connectivity index (χ4n) is 2.88. The maximum atomic E-state index is 12.8. The molecule has 2 rings (SSSR count). The number of carbonyl (C=O) groups excluding carboxylic acids is 1. The van der Waals surface area contributed by atoms with E-state index in [0.29, 0.717) is 6.54 Å². The smallest absolute Gasteiger partial charge is 0.339 e. The van der Waals surface area contributed by atoms with E-state index < -0.39 is 10.1 Å². The Labute approximate surface area is 194 Å². The Morgan fingerprint density at radius 1 is 1.03 bits per heavy atom. The number of rotatable bonds is 9. The van der Waals surface area contributed by atoms with Crippen molar-refractivity contribution in [3.05, 3.63) is 52.0 Å². The number of carbonyl (C=O) groups is 1. The molecule has 2 aromatic rings. The highest BCUT2D eigenvalue weighted by Gasteiger charge is 2.24. The van der Waals surface area contributed by atoms with Crippen LogP contribution in [0.5, 0.6) is 11.5 Å². The summed E-state index contributed by atoms with van der Waals surface area (Å²) in [4.78, 5) is 14.3. The van der Waals surface area contributed by atoms with Gasteiger partial charge in [0.05, 0.1) is 17.2 Å². The fourth-order valence-corrected chi connectivity index (χ4v) is 4.21. The van der Waals surface area contributed by atoms with E-state index in [0.717, 1.165) is 12.0 Å². The van der Waals surface area contributed by atoms with Gasteiger partial charge in [0.1, 0.15) is 4.90 Å². The van der Waals surface area contributed by atoms with E-state index in [1.807, 2.05) is 27.7 Å². The number of ether oxygens (including phenoxy) is 1. The number of hydrogen-bond donors (Lipinski definition) is 0. The van der Waals surface area contributed by atoms with E-state index in [-0.39, 0.29) is 44.3 Å². The van der Waals surface area contributed by atoms with Gasteiger partial charge in [0, 0.05) is 18.5 Å². The molecule has 170 valence electrons. The van der Waals surface area contributed by atoms with Crippen molar-refractivity contribution in [2.45, 2.75) is 51.6 Å². The van der Waals surface area contributed by atoms with Gasteiger partial charge in [0.25, 0.3) is 0 Å². The molecule has 0 saturated carbocycles. The van der Waals surface area contributed by atoms with Gasteiger partial charge in [-0.05, 0) is 49.2 Å². The molecule has 31 heavy (non-hydrogen) atoms. The van der Waals surface area contributed by atoms with Crippen LogP contribution in [0, 0.1) is 5.92 Å². The van der Waals surface area contributed by atoms with Crippen LogP contribution in [0.3, 0.4) is 0 Å². The van der Waals surface area contributed by atoms with Gasteiger partial charge in [-0.3, -0.25) is 4.79 Å². The average molecular weight is 488 g/mol. The lowest BCUT2D eigenvalue weighted by Gasteiger charge is -2.30. The summed E-state index contributed by atoms with van der Waals surface area (Å²) in [5, 5.41) is 0.337. The van der Waals surface area contributed by atoms with Crippen molar-refractivity contribution in [3.63, 3.8) is 0 Å². The van der Waals surface area contributed by atoms with Crippen LogP contribution in [0.15, 0.2) is 41.3 Å². The van der Waals surface area contributed by atoms with Crippen molar-refractivity contribution < 1.29 is 22.1 Å². The molecule has 0 radical (unpaired) electrons. The van der Waals surface area contributed by atoms with E-state index in [4.69, 9.17) is 32.1 Å². The van der Waals surface area contributed by atoms with Crippen molar-refractivity contribution in [1.29, 1.82) is 0 Å². The van der Waals surface area contributed by atoms with E-state index in [2.05, 4.69) is 0 Å². The molecule has 0 aliphatic rings. The molecule has 0 heterocycles. The summed E-state index contributed by atoms with van der Waals surface area (Å²) in [6.45, 7) is 8.01. The minimum absolute atomic E-state index is 0.0205. The topological polar surface area (TPSA) is 72.9 Å². The molecule has 0 aliphatic carbocycles. The van der Waals surface area contributed by atoms with Gasteiger partial charge in [0.15, 0.2) is 11.5 Å². The first-order chi connectivity index (χ1) is 14.5. The van der Waals surface area contributed by atoms with Crippen LogP contribution in [-0.2, 0) is 21.5 Å². The van der Waals surface area contributed by atoms with Gasteiger partial charge in [-0.1, -0.05) is 50.0 Å². The van der Waals surface area contributed by atoms with Crippen LogP contribution in [0.1, 0.15) is 39.7 Å². The quantitative estimate of drug-likeness (QED) is 0.433. The molecular formula is C22H27Cl2NO5S. The molecular weight excluding hydrogens is 461 g/mol. The summed E-state index contributed by atoms with van der Waals surface area (Å²) in [5.74, 6) is 0.138. The number of halogens is 2. The van der Waals surface area contributed by atoms with Gasteiger partial charge < -0.3 is 13.8 Å². The first kappa shape index (κ1) is 25.3. The monoisotopic (exact) mass is 487 g/mol. The predicted octanol–water partition coefficient (Wildman–Crippen LogP) is 5.55. The third-order valence-electron chi connectivity index (χ3n) is 4.86. The normalized spacial score (nSPS) is 12.5. The minimum atomic E-state index is -4.18. The summed E-state index contributed by atoms with van der Waals surface area (Å²) in [6.07, 6.45) is 0.795. The molecule has 0 spiro atoms. The first-order valence-corrected chi connectivity index (χ1v) is 12.0. The summed E-state index contributed by atoms with van der Waals surface area (Å²) in [5.41, 5.74) is 0.717. The Kier molecular flexibility index (Phi) is 8.63. The largest absolute Gasteiger partial charge is 0.493 e. The molecule has 0 unspecified atom stereocenters. The van der Waals surface area contributed by atoms with Crippen molar-refractivity contribution in [2.24, 2.45) is 5.92 Å². The molecule has 0 bridgehead atoms. The standard InChI is InChI=1S/C22H27Cl2NO5S/c1-6-15(4)25(22(26)14(2)3)13-16-7-10-20(29-5)21(11-16)30-31(27,28)17-8-9-18(23)19(24)12-17/h7-12,14-15H,6,13H2,1-5H3/t15-/m1/s1.